The molecular formula is C29H31O10P. The van der Waals surface area contributed by atoms with Gasteiger partial charge in [-0.05, 0) is 29.8 Å². The zero-order valence-corrected chi connectivity index (χ0v) is 23.0. The minimum Gasteiger partial charge on any atom is -0.452 e. The molecule has 0 saturated carbocycles. The molecule has 3 aromatic carbocycles. The highest BCUT2D eigenvalue weighted by Crippen LogP contribution is 2.50. The van der Waals surface area contributed by atoms with Crippen molar-refractivity contribution in [3.8, 4) is 0 Å². The van der Waals surface area contributed by atoms with E-state index in [9.17, 15) is 19.3 Å². The maximum absolute atomic E-state index is 13.1. The zero-order chi connectivity index (χ0) is 28.6. The first kappa shape index (κ1) is 29.6. The van der Waals surface area contributed by atoms with Crippen LogP contribution in [-0.4, -0.2) is 68.1 Å². The maximum Gasteiger partial charge on any atom is 0.338 e. The van der Waals surface area contributed by atoms with Crippen LogP contribution in [-0.2, 0) is 39.2 Å². The van der Waals surface area contributed by atoms with Crippen molar-refractivity contribution in [2.24, 2.45) is 0 Å². The normalized spacial score (nSPS) is 22.5. The third-order valence-electron chi connectivity index (χ3n) is 6.34. The second-order valence-electron chi connectivity index (χ2n) is 9.07. The summed E-state index contributed by atoms with van der Waals surface area (Å²) < 4.78 is 46.4. The van der Waals surface area contributed by atoms with Gasteiger partial charge < -0.3 is 33.1 Å². The van der Waals surface area contributed by atoms with Crippen LogP contribution in [0.4, 0.5) is 0 Å². The SMILES string of the molecule is COP(=O)(C[C@H]1O[C@](O)(COCc2ccccc2)C(OC(=O)c2ccccc2)[C@@H]1OC(=O)c1ccccc1)OC. The first-order chi connectivity index (χ1) is 19.3. The summed E-state index contributed by atoms with van der Waals surface area (Å²) in [6.07, 6.45) is -4.62. The Morgan fingerprint density at radius 1 is 0.825 bits per heavy atom. The van der Waals surface area contributed by atoms with E-state index in [1.54, 1.807) is 48.5 Å². The predicted octanol–water partition coefficient (Wildman–Crippen LogP) is 4.23. The van der Waals surface area contributed by atoms with E-state index in [4.69, 9.17) is 28.0 Å². The minimum absolute atomic E-state index is 0.111. The van der Waals surface area contributed by atoms with E-state index < -0.39 is 56.4 Å². The molecule has 0 bridgehead atoms. The molecule has 0 spiro atoms. The van der Waals surface area contributed by atoms with Crippen LogP contribution < -0.4 is 0 Å². The average Bonchev–Trinajstić information content (AvgIpc) is 3.23. The van der Waals surface area contributed by atoms with E-state index >= 15 is 0 Å². The first-order valence-electron chi connectivity index (χ1n) is 12.5. The molecule has 10 nitrogen and oxygen atoms in total. The van der Waals surface area contributed by atoms with Gasteiger partial charge in [-0.25, -0.2) is 9.59 Å². The number of benzene rings is 3. The van der Waals surface area contributed by atoms with Gasteiger partial charge in [-0.1, -0.05) is 66.7 Å². The lowest BCUT2D eigenvalue weighted by molar-refractivity contribution is -0.252. The van der Waals surface area contributed by atoms with E-state index in [-0.39, 0.29) is 17.7 Å². The number of hydrogen-bond donors (Lipinski definition) is 1. The summed E-state index contributed by atoms with van der Waals surface area (Å²) in [4.78, 5) is 26.2. The van der Waals surface area contributed by atoms with E-state index in [1.807, 2.05) is 30.3 Å². The molecule has 1 heterocycles. The highest BCUT2D eigenvalue weighted by atomic mass is 31.2. The molecule has 1 N–H and O–H groups in total. The van der Waals surface area contributed by atoms with Gasteiger partial charge in [-0.15, -0.1) is 0 Å². The van der Waals surface area contributed by atoms with Crippen LogP contribution in [0, 0.1) is 0 Å². The van der Waals surface area contributed by atoms with Gasteiger partial charge in [0.25, 0.3) is 0 Å². The third kappa shape index (κ3) is 7.22. The molecule has 0 aromatic heterocycles. The van der Waals surface area contributed by atoms with Crippen LogP contribution in [0.1, 0.15) is 26.3 Å². The summed E-state index contributed by atoms with van der Waals surface area (Å²) in [7, 11) is -1.34. The minimum atomic E-state index is -3.74. The fourth-order valence-electron chi connectivity index (χ4n) is 4.26. The monoisotopic (exact) mass is 570 g/mol. The summed E-state index contributed by atoms with van der Waals surface area (Å²) in [6.45, 7) is -0.353. The Bertz CT molecular complexity index is 1300. The number of esters is 2. The standard InChI is InChI=1S/C29H31O10P/c1-34-40(33,35-2)19-24-25(37-27(30)22-14-8-4-9-15-22)26(38-28(31)23-16-10-5-11-17-23)29(32,39-24)20-36-18-21-12-6-3-7-13-21/h3-17,24-26,32H,18-20H2,1-2H3/t24-,25-,26?,29-/m1/s1. The van der Waals surface area contributed by atoms with Crippen molar-refractivity contribution in [3.63, 3.8) is 0 Å². The summed E-state index contributed by atoms with van der Waals surface area (Å²) >= 11 is 0. The smallest absolute Gasteiger partial charge is 0.338 e. The predicted molar refractivity (Wildman–Crippen MR) is 144 cm³/mol. The lowest BCUT2D eigenvalue weighted by Crippen LogP contribution is -2.50. The molecule has 1 fully saturated rings. The van der Waals surface area contributed by atoms with Gasteiger partial charge >= 0.3 is 19.5 Å². The molecule has 1 aliphatic rings. The molecule has 1 unspecified atom stereocenters. The Morgan fingerprint density at radius 3 is 1.85 bits per heavy atom. The quantitative estimate of drug-likeness (QED) is 0.250. The second-order valence-corrected chi connectivity index (χ2v) is 11.4. The molecule has 3 aromatic rings. The molecule has 40 heavy (non-hydrogen) atoms. The van der Waals surface area contributed by atoms with Gasteiger partial charge in [0.15, 0.2) is 12.2 Å². The number of carbonyl (C=O) groups is 2. The molecule has 0 radical (unpaired) electrons. The van der Waals surface area contributed by atoms with Gasteiger partial charge in [-0.3, -0.25) is 4.57 Å². The summed E-state index contributed by atoms with van der Waals surface area (Å²) in [5.74, 6) is -3.84. The number of aliphatic hydroxyl groups is 1. The average molecular weight is 571 g/mol. The van der Waals surface area contributed by atoms with Gasteiger partial charge in [0.05, 0.1) is 23.9 Å². The summed E-state index contributed by atoms with van der Waals surface area (Å²) in [6, 6.07) is 25.5. The number of rotatable bonds is 12. The second kappa shape index (κ2) is 13.3. The van der Waals surface area contributed by atoms with Crippen molar-refractivity contribution < 1.29 is 47.3 Å². The van der Waals surface area contributed by atoms with Crippen molar-refractivity contribution in [3.05, 3.63) is 108 Å². The highest BCUT2D eigenvalue weighted by molar-refractivity contribution is 7.53. The van der Waals surface area contributed by atoms with Crippen molar-refractivity contribution in [1.82, 2.24) is 0 Å². The Morgan fingerprint density at radius 2 is 1.32 bits per heavy atom. The third-order valence-corrected chi connectivity index (χ3v) is 8.26. The van der Waals surface area contributed by atoms with E-state index in [0.29, 0.717) is 0 Å². The van der Waals surface area contributed by atoms with Gasteiger partial charge in [0, 0.05) is 14.2 Å². The Kier molecular flexibility index (Phi) is 9.86. The molecule has 212 valence electrons. The van der Waals surface area contributed by atoms with Crippen molar-refractivity contribution >= 4 is 19.5 Å². The lowest BCUT2D eigenvalue weighted by atomic mass is 10.0. The fraction of sp³-hybridized carbons (Fsp3) is 0.310. The van der Waals surface area contributed by atoms with Gasteiger partial charge in [0.2, 0.25) is 5.79 Å². The molecule has 0 amide bonds. The Labute approximate surface area is 232 Å². The van der Waals surface area contributed by atoms with E-state index in [2.05, 4.69) is 0 Å². The van der Waals surface area contributed by atoms with E-state index in [0.717, 1.165) is 5.56 Å². The van der Waals surface area contributed by atoms with Crippen LogP contribution >= 0.6 is 7.60 Å². The van der Waals surface area contributed by atoms with Crippen LogP contribution in [0.15, 0.2) is 91.0 Å². The maximum atomic E-state index is 13.1. The number of ether oxygens (including phenoxy) is 4. The van der Waals surface area contributed by atoms with Crippen molar-refractivity contribution in [2.75, 3.05) is 27.0 Å². The summed E-state index contributed by atoms with van der Waals surface area (Å²) in [5, 5.41) is 11.7. The van der Waals surface area contributed by atoms with Gasteiger partial charge in [-0.2, -0.15) is 0 Å². The molecular weight excluding hydrogens is 539 g/mol. The zero-order valence-electron chi connectivity index (χ0n) is 22.1. The van der Waals surface area contributed by atoms with Crippen LogP contribution in [0.25, 0.3) is 0 Å². The fourth-order valence-corrected chi connectivity index (χ4v) is 5.43. The Balaban J connectivity index is 1.66. The molecule has 1 aliphatic heterocycles. The molecule has 4 rings (SSSR count). The highest BCUT2D eigenvalue weighted by Gasteiger charge is 2.60. The van der Waals surface area contributed by atoms with Crippen LogP contribution in [0.5, 0.6) is 0 Å². The molecule has 4 atom stereocenters. The van der Waals surface area contributed by atoms with Crippen molar-refractivity contribution in [1.29, 1.82) is 0 Å². The van der Waals surface area contributed by atoms with Crippen LogP contribution in [0.3, 0.4) is 0 Å². The topological polar surface area (TPSA) is 127 Å². The van der Waals surface area contributed by atoms with E-state index in [1.165, 1.54) is 26.4 Å². The van der Waals surface area contributed by atoms with Gasteiger partial charge in [0.1, 0.15) is 12.7 Å². The molecule has 11 heteroatoms. The lowest BCUT2D eigenvalue weighted by Gasteiger charge is -2.29. The molecule has 1 saturated heterocycles. The Hall–Kier alpha value is -3.37. The first-order valence-corrected chi connectivity index (χ1v) is 14.2. The largest absolute Gasteiger partial charge is 0.452 e. The van der Waals surface area contributed by atoms with Crippen LogP contribution in [0.2, 0.25) is 0 Å². The molecule has 0 aliphatic carbocycles. The van der Waals surface area contributed by atoms with Crippen molar-refractivity contribution in [2.45, 2.75) is 30.7 Å². The number of carbonyl (C=O) groups excluding carboxylic acids is 2. The number of hydrogen-bond acceptors (Lipinski definition) is 10. The summed E-state index contributed by atoms with van der Waals surface area (Å²) in [5.41, 5.74) is 1.24.